The van der Waals surface area contributed by atoms with Crippen molar-refractivity contribution in [3.05, 3.63) is 34.9 Å². The number of hydrogen-bond donors (Lipinski definition) is 1. The van der Waals surface area contributed by atoms with E-state index in [9.17, 15) is 0 Å². The molecule has 0 spiro atoms. The number of anilines is 2. The third-order valence-corrected chi connectivity index (χ3v) is 3.58. The smallest absolute Gasteiger partial charge is 0.246 e. The molecule has 0 aliphatic carbocycles. The molecule has 100 valence electrons. The van der Waals surface area contributed by atoms with E-state index < -0.39 is 0 Å². The third-order valence-electron chi connectivity index (χ3n) is 3.32. The number of nitrogens with two attached hydrogens (primary N) is 1. The largest absolute Gasteiger partial charge is 0.368 e. The van der Waals surface area contributed by atoms with Crippen LogP contribution in [0.3, 0.4) is 0 Å². The van der Waals surface area contributed by atoms with Gasteiger partial charge in [0.05, 0.1) is 6.54 Å². The standard InChI is InChI=1S/C13H16ClN5/c14-11-5-3-10(4-6-11)9-19-12(15)16-13(17-19)18-7-1-2-8-18/h3-6H,1-2,7-9H2,(H2,15,16,17). The van der Waals surface area contributed by atoms with Crippen LogP contribution in [-0.4, -0.2) is 27.9 Å². The summed E-state index contributed by atoms with van der Waals surface area (Å²) in [6, 6.07) is 7.68. The van der Waals surface area contributed by atoms with Crippen LogP contribution in [0.2, 0.25) is 5.02 Å². The summed E-state index contributed by atoms with van der Waals surface area (Å²) in [5.74, 6) is 1.20. The first-order valence-electron chi connectivity index (χ1n) is 6.42. The number of aromatic nitrogens is 3. The molecule has 0 amide bonds. The van der Waals surface area contributed by atoms with Crippen LogP contribution < -0.4 is 10.6 Å². The van der Waals surface area contributed by atoms with Crippen molar-refractivity contribution in [2.24, 2.45) is 0 Å². The second kappa shape index (κ2) is 5.09. The summed E-state index contributed by atoms with van der Waals surface area (Å²) in [4.78, 5) is 6.51. The van der Waals surface area contributed by atoms with Crippen LogP contribution in [0.15, 0.2) is 24.3 Å². The highest BCUT2D eigenvalue weighted by Gasteiger charge is 2.18. The molecule has 0 saturated carbocycles. The molecule has 6 heteroatoms. The summed E-state index contributed by atoms with van der Waals surface area (Å²) in [5.41, 5.74) is 7.03. The van der Waals surface area contributed by atoms with Gasteiger partial charge in [-0.15, -0.1) is 5.10 Å². The van der Waals surface area contributed by atoms with E-state index >= 15 is 0 Å². The minimum atomic E-state index is 0.455. The molecule has 1 aromatic heterocycles. The molecule has 1 saturated heterocycles. The Balaban J connectivity index is 1.79. The maximum Gasteiger partial charge on any atom is 0.246 e. The SMILES string of the molecule is Nc1nc(N2CCCC2)nn1Cc1ccc(Cl)cc1. The fourth-order valence-corrected chi connectivity index (χ4v) is 2.40. The minimum Gasteiger partial charge on any atom is -0.368 e. The molecule has 1 aromatic carbocycles. The number of nitrogens with zero attached hydrogens (tertiary/aromatic N) is 4. The van der Waals surface area contributed by atoms with Gasteiger partial charge in [-0.05, 0) is 30.5 Å². The van der Waals surface area contributed by atoms with Gasteiger partial charge in [0.2, 0.25) is 11.9 Å². The van der Waals surface area contributed by atoms with Crippen LogP contribution >= 0.6 is 11.6 Å². The Labute approximate surface area is 117 Å². The van der Waals surface area contributed by atoms with Crippen molar-refractivity contribution in [2.75, 3.05) is 23.7 Å². The van der Waals surface area contributed by atoms with Crippen LogP contribution in [0.25, 0.3) is 0 Å². The maximum atomic E-state index is 5.92. The molecule has 19 heavy (non-hydrogen) atoms. The zero-order valence-corrected chi connectivity index (χ0v) is 11.3. The van der Waals surface area contributed by atoms with Crippen LogP contribution in [0.5, 0.6) is 0 Å². The molecule has 1 aliphatic rings. The van der Waals surface area contributed by atoms with Crippen molar-refractivity contribution in [2.45, 2.75) is 19.4 Å². The molecule has 5 nitrogen and oxygen atoms in total. The van der Waals surface area contributed by atoms with Gasteiger partial charge in [-0.3, -0.25) is 0 Å². The van der Waals surface area contributed by atoms with Gasteiger partial charge in [-0.25, -0.2) is 4.68 Å². The predicted octanol–water partition coefficient (Wildman–Crippen LogP) is 2.16. The van der Waals surface area contributed by atoms with E-state index in [4.69, 9.17) is 17.3 Å². The van der Waals surface area contributed by atoms with Gasteiger partial charge in [0.1, 0.15) is 0 Å². The fraction of sp³-hybridized carbons (Fsp3) is 0.385. The van der Waals surface area contributed by atoms with Gasteiger partial charge in [0, 0.05) is 18.1 Å². The van der Waals surface area contributed by atoms with Crippen LogP contribution in [0, 0.1) is 0 Å². The van der Waals surface area contributed by atoms with E-state index in [0.717, 1.165) is 29.6 Å². The lowest BCUT2D eigenvalue weighted by Crippen LogP contribution is -2.19. The van der Waals surface area contributed by atoms with Gasteiger partial charge < -0.3 is 10.6 Å². The monoisotopic (exact) mass is 277 g/mol. The lowest BCUT2D eigenvalue weighted by Gasteiger charge is -2.10. The van der Waals surface area contributed by atoms with E-state index in [1.54, 1.807) is 4.68 Å². The Morgan fingerprint density at radius 3 is 2.53 bits per heavy atom. The van der Waals surface area contributed by atoms with Gasteiger partial charge in [0.15, 0.2) is 0 Å². The maximum absolute atomic E-state index is 5.92. The molecule has 2 aromatic rings. The number of hydrogen-bond acceptors (Lipinski definition) is 4. The van der Waals surface area contributed by atoms with Crippen LogP contribution in [-0.2, 0) is 6.54 Å². The highest BCUT2D eigenvalue weighted by Crippen LogP contribution is 2.18. The van der Waals surface area contributed by atoms with Crippen molar-refractivity contribution in [3.63, 3.8) is 0 Å². The normalized spacial score (nSPS) is 15.1. The molecule has 0 radical (unpaired) electrons. The van der Waals surface area contributed by atoms with Crippen molar-refractivity contribution >= 4 is 23.5 Å². The number of benzene rings is 1. The van der Waals surface area contributed by atoms with Gasteiger partial charge in [-0.1, -0.05) is 23.7 Å². The van der Waals surface area contributed by atoms with Crippen molar-refractivity contribution in [1.29, 1.82) is 0 Å². The highest BCUT2D eigenvalue weighted by atomic mass is 35.5. The second-order valence-corrected chi connectivity index (χ2v) is 5.18. The Hall–Kier alpha value is -1.75. The van der Waals surface area contributed by atoms with Crippen molar-refractivity contribution in [1.82, 2.24) is 14.8 Å². The minimum absolute atomic E-state index is 0.455. The summed E-state index contributed by atoms with van der Waals surface area (Å²) in [7, 11) is 0. The summed E-state index contributed by atoms with van der Waals surface area (Å²) in [5, 5.41) is 5.21. The molecule has 2 N–H and O–H groups in total. The summed E-state index contributed by atoms with van der Waals surface area (Å²) in [6.45, 7) is 2.65. The second-order valence-electron chi connectivity index (χ2n) is 4.75. The van der Waals surface area contributed by atoms with E-state index in [1.165, 1.54) is 12.8 Å². The quantitative estimate of drug-likeness (QED) is 0.934. The van der Waals surface area contributed by atoms with E-state index in [-0.39, 0.29) is 0 Å². The molecular formula is C13H16ClN5. The Morgan fingerprint density at radius 2 is 1.84 bits per heavy atom. The number of rotatable bonds is 3. The van der Waals surface area contributed by atoms with Crippen molar-refractivity contribution in [3.8, 4) is 0 Å². The van der Waals surface area contributed by atoms with Gasteiger partial charge >= 0.3 is 0 Å². The van der Waals surface area contributed by atoms with Crippen LogP contribution in [0.1, 0.15) is 18.4 Å². The molecule has 3 rings (SSSR count). The zero-order chi connectivity index (χ0) is 13.2. The van der Waals surface area contributed by atoms with E-state index in [0.29, 0.717) is 12.5 Å². The molecule has 0 unspecified atom stereocenters. The molecule has 0 bridgehead atoms. The molecule has 2 heterocycles. The highest BCUT2D eigenvalue weighted by molar-refractivity contribution is 6.30. The molecular weight excluding hydrogens is 262 g/mol. The van der Waals surface area contributed by atoms with E-state index in [1.807, 2.05) is 24.3 Å². The molecule has 0 atom stereocenters. The Morgan fingerprint density at radius 1 is 1.16 bits per heavy atom. The fourth-order valence-electron chi connectivity index (χ4n) is 2.27. The topological polar surface area (TPSA) is 60.0 Å². The van der Waals surface area contributed by atoms with E-state index in [2.05, 4.69) is 15.0 Å². The summed E-state index contributed by atoms with van der Waals surface area (Å²) >= 11 is 5.87. The first-order valence-corrected chi connectivity index (χ1v) is 6.80. The van der Waals surface area contributed by atoms with Gasteiger partial charge in [-0.2, -0.15) is 4.98 Å². The first kappa shape index (κ1) is 12.3. The van der Waals surface area contributed by atoms with Crippen molar-refractivity contribution < 1.29 is 0 Å². The first-order chi connectivity index (χ1) is 9.22. The Bertz CT molecular complexity index is 557. The van der Waals surface area contributed by atoms with Crippen LogP contribution in [0.4, 0.5) is 11.9 Å². The molecule has 1 aliphatic heterocycles. The predicted molar refractivity (Wildman–Crippen MR) is 76.4 cm³/mol. The van der Waals surface area contributed by atoms with Gasteiger partial charge in [0.25, 0.3) is 0 Å². The zero-order valence-electron chi connectivity index (χ0n) is 10.6. The summed E-state index contributed by atoms with van der Waals surface area (Å²) < 4.78 is 1.73. The third kappa shape index (κ3) is 2.66. The lowest BCUT2D eigenvalue weighted by molar-refractivity contribution is 0.691. The Kier molecular flexibility index (Phi) is 3.29. The average molecular weight is 278 g/mol. The summed E-state index contributed by atoms with van der Waals surface area (Å²) in [6.07, 6.45) is 2.40. The number of nitrogen functional groups attached to an aromatic ring is 1. The number of halogens is 1. The lowest BCUT2D eigenvalue weighted by atomic mass is 10.2. The molecule has 1 fully saturated rings. The average Bonchev–Trinajstić information content (AvgIpc) is 3.03.